The number of amides is 1. The van der Waals surface area contributed by atoms with Gasteiger partial charge in [0, 0.05) is 6.54 Å². The molecule has 1 amide bonds. The number of carbonyl (C=O) groups is 2. The van der Waals surface area contributed by atoms with Crippen LogP contribution in [0.4, 0.5) is 0 Å². The minimum Gasteiger partial charge on any atom is -0.478 e. The number of hydrogen-bond acceptors (Lipinski definition) is 3. The highest BCUT2D eigenvalue weighted by Crippen LogP contribution is 2.17. The molecule has 1 fully saturated rings. The number of carbonyl (C=O) groups excluding carboxylic acids is 1. The van der Waals surface area contributed by atoms with Crippen molar-refractivity contribution in [2.75, 3.05) is 19.8 Å². The average Bonchev–Trinajstić information content (AvgIpc) is 2.46. The van der Waals surface area contributed by atoms with Gasteiger partial charge in [0.05, 0.1) is 30.4 Å². The standard InChI is InChI=1S/C14H17NO4/c1-2-10-9-19-8-7-15(10)13(16)11-5-3-4-6-12(11)14(17)18/h3-6,10H,2,7-9H2,1H3,(H,17,18)/t10-/m0/s1. The summed E-state index contributed by atoms with van der Waals surface area (Å²) in [5.74, 6) is -1.31. The predicted octanol–water partition coefficient (Wildman–Crippen LogP) is 1.64. The van der Waals surface area contributed by atoms with Crippen LogP contribution in [-0.2, 0) is 4.74 Å². The van der Waals surface area contributed by atoms with Crippen molar-refractivity contribution in [1.82, 2.24) is 4.90 Å². The first-order chi connectivity index (χ1) is 9.15. The topological polar surface area (TPSA) is 66.8 Å². The maximum atomic E-state index is 12.5. The van der Waals surface area contributed by atoms with Crippen molar-refractivity contribution in [3.05, 3.63) is 35.4 Å². The summed E-state index contributed by atoms with van der Waals surface area (Å²) in [5, 5.41) is 9.14. The van der Waals surface area contributed by atoms with Gasteiger partial charge in [0.1, 0.15) is 0 Å². The number of aromatic carboxylic acids is 1. The number of carboxylic acids is 1. The van der Waals surface area contributed by atoms with Crippen LogP contribution >= 0.6 is 0 Å². The Morgan fingerprint density at radius 2 is 2.05 bits per heavy atom. The first-order valence-electron chi connectivity index (χ1n) is 6.36. The van der Waals surface area contributed by atoms with Gasteiger partial charge in [0.25, 0.3) is 5.91 Å². The molecule has 0 saturated carbocycles. The number of carboxylic acid groups (broad SMARTS) is 1. The lowest BCUT2D eigenvalue weighted by molar-refractivity contribution is -0.00291. The molecule has 0 aromatic heterocycles. The zero-order valence-corrected chi connectivity index (χ0v) is 10.8. The molecule has 1 aliphatic heterocycles. The van der Waals surface area contributed by atoms with Crippen LogP contribution in [0, 0.1) is 0 Å². The van der Waals surface area contributed by atoms with E-state index in [0.717, 1.165) is 6.42 Å². The maximum Gasteiger partial charge on any atom is 0.336 e. The molecule has 0 radical (unpaired) electrons. The van der Waals surface area contributed by atoms with Crippen LogP contribution in [-0.4, -0.2) is 47.7 Å². The van der Waals surface area contributed by atoms with E-state index in [-0.39, 0.29) is 23.1 Å². The van der Waals surface area contributed by atoms with Gasteiger partial charge in [-0.2, -0.15) is 0 Å². The van der Waals surface area contributed by atoms with E-state index in [2.05, 4.69) is 0 Å². The summed E-state index contributed by atoms with van der Waals surface area (Å²) in [5.41, 5.74) is 0.296. The number of rotatable bonds is 3. The minimum absolute atomic E-state index is 0.0168. The third-order valence-electron chi connectivity index (χ3n) is 3.35. The Hall–Kier alpha value is -1.88. The first kappa shape index (κ1) is 13.5. The van der Waals surface area contributed by atoms with Crippen molar-refractivity contribution in [2.45, 2.75) is 19.4 Å². The maximum absolute atomic E-state index is 12.5. The molecule has 1 heterocycles. The fourth-order valence-electron chi connectivity index (χ4n) is 2.27. The van der Waals surface area contributed by atoms with Crippen LogP contribution in [0.5, 0.6) is 0 Å². The highest BCUT2D eigenvalue weighted by atomic mass is 16.5. The van der Waals surface area contributed by atoms with E-state index >= 15 is 0 Å². The largest absolute Gasteiger partial charge is 0.478 e. The Morgan fingerprint density at radius 3 is 2.68 bits per heavy atom. The number of morpholine rings is 1. The van der Waals surface area contributed by atoms with E-state index < -0.39 is 5.97 Å². The Kier molecular flexibility index (Phi) is 4.16. The second-order valence-corrected chi connectivity index (χ2v) is 4.49. The molecule has 1 aromatic carbocycles. The Morgan fingerprint density at radius 1 is 1.37 bits per heavy atom. The monoisotopic (exact) mass is 263 g/mol. The van der Waals surface area contributed by atoms with Gasteiger partial charge in [-0.1, -0.05) is 19.1 Å². The first-order valence-corrected chi connectivity index (χ1v) is 6.36. The smallest absolute Gasteiger partial charge is 0.336 e. The molecular weight excluding hydrogens is 246 g/mol. The third kappa shape index (κ3) is 2.76. The van der Waals surface area contributed by atoms with Crippen LogP contribution in [0.3, 0.4) is 0 Å². The molecule has 0 unspecified atom stereocenters. The van der Waals surface area contributed by atoms with E-state index in [0.29, 0.717) is 19.8 Å². The van der Waals surface area contributed by atoms with E-state index in [9.17, 15) is 9.59 Å². The van der Waals surface area contributed by atoms with Crippen LogP contribution in [0.15, 0.2) is 24.3 Å². The quantitative estimate of drug-likeness (QED) is 0.900. The zero-order chi connectivity index (χ0) is 13.8. The van der Waals surface area contributed by atoms with E-state index in [4.69, 9.17) is 9.84 Å². The van der Waals surface area contributed by atoms with E-state index in [1.54, 1.807) is 23.1 Å². The summed E-state index contributed by atoms with van der Waals surface area (Å²) in [7, 11) is 0. The second kappa shape index (κ2) is 5.84. The molecule has 5 heteroatoms. The molecule has 102 valence electrons. The number of benzene rings is 1. The predicted molar refractivity (Wildman–Crippen MR) is 69.3 cm³/mol. The molecule has 1 saturated heterocycles. The molecule has 0 bridgehead atoms. The molecule has 0 aliphatic carbocycles. The lowest BCUT2D eigenvalue weighted by atomic mass is 10.0. The Bertz CT molecular complexity index is 486. The normalized spacial score (nSPS) is 19.2. The van der Waals surface area contributed by atoms with Crippen LogP contribution < -0.4 is 0 Å². The molecule has 1 aliphatic rings. The highest BCUT2D eigenvalue weighted by molar-refractivity contribution is 6.04. The zero-order valence-electron chi connectivity index (χ0n) is 10.8. The fraction of sp³-hybridized carbons (Fsp3) is 0.429. The minimum atomic E-state index is -1.08. The van der Waals surface area contributed by atoms with Crippen molar-refractivity contribution < 1.29 is 19.4 Å². The molecule has 1 aromatic rings. The van der Waals surface area contributed by atoms with Gasteiger partial charge in [-0.25, -0.2) is 4.79 Å². The number of ether oxygens (including phenoxy) is 1. The molecular formula is C14H17NO4. The van der Waals surface area contributed by atoms with Gasteiger partial charge in [-0.05, 0) is 18.6 Å². The third-order valence-corrected chi connectivity index (χ3v) is 3.35. The van der Waals surface area contributed by atoms with Crippen LogP contribution in [0.1, 0.15) is 34.1 Å². The summed E-state index contributed by atoms with van der Waals surface area (Å²) in [6.45, 7) is 3.50. The fourth-order valence-corrected chi connectivity index (χ4v) is 2.27. The summed E-state index contributed by atoms with van der Waals surface area (Å²) in [4.78, 5) is 25.4. The average molecular weight is 263 g/mol. The lowest BCUT2D eigenvalue weighted by Gasteiger charge is -2.35. The van der Waals surface area contributed by atoms with Crippen LogP contribution in [0.25, 0.3) is 0 Å². The number of nitrogens with zero attached hydrogens (tertiary/aromatic N) is 1. The van der Waals surface area contributed by atoms with E-state index in [1.807, 2.05) is 6.92 Å². The highest BCUT2D eigenvalue weighted by Gasteiger charge is 2.28. The molecule has 1 N–H and O–H groups in total. The summed E-state index contributed by atoms with van der Waals surface area (Å²) in [6, 6.07) is 6.34. The van der Waals surface area contributed by atoms with Crippen molar-refractivity contribution in [3.8, 4) is 0 Å². The lowest BCUT2D eigenvalue weighted by Crippen LogP contribution is -2.48. The molecule has 0 spiro atoms. The second-order valence-electron chi connectivity index (χ2n) is 4.49. The Labute approximate surface area is 111 Å². The van der Waals surface area contributed by atoms with Crippen molar-refractivity contribution in [1.29, 1.82) is 0 Å². The van der Waals surface area contributed by atoms with E-state index in [1.165, 1.54) is 6.07 Å². The van der Waals surface area contributed by atoms with Crippen LogP contribution in [0.2, 0.25) is 0 Å². The molecule has 19 heavy (non-hydrogen) atoms. The van der Waals surface area contributed by atoms with Crippen molar-refractivity contribution in [2.24, 2.45) is 0 Å². The van der Waals surface area contributed by atoms with Crippen molar-refractivity contribution >= 4 is 11.9 Å². The molecule has 2 rings (SSSR count). The van der Waals surface area contributed by atoms with Crippen molar-refractivity contribution in [3.63, 3.8) is 0 Å². The summed E-state index contributed by atoms with van der Waals surface area (Å²) >= 11 is 0. The summed E-state index contributed by atoms with van der Waals surface area (Å²) in [6.07, 6.45) is 0.793. The van der Waals surface area contributed by atoms with Gasteiger partial charge >= 0.3 is 5.97 Å². The van der Waals surface area contributed by atoms with Gasteiger partial charge in [0.2, 0.25) is 0 Å². The Balaban J connectivity index is 2.30. The van der Waals surface area contributed by atoms with Gasteiger partial charge in [-0.3, -0.25) is 4.79 Å². The van der Waals surface area contributed by atoms with Gasteiger partial charge in [0.15, 0.2) is 0 Å². The molecule has 5 nitrogen and oxygen atoms in total. The summed E-state index contributed by atoms with van der Waals surface area (Å²) < 4.78 is 5.36. The van der Waals surface area contributed by atoms with Gasteiger partial charge < -0.3 is 14.7 Å². The number of hydrogen-bond donors (Lipinski definition) is 1. The SMILES string of the molecule is CC[C@H]1COCCN1C(=O)c1ccccc1C(=O)O. The molecule has 1 atom stereocenters. The van der Waals surface area contributed by atoms with Gasteiger partial charge in [-0.15, -0.1) is 0 Å².